The Bertz CT molecular complexity index is 596. The Morgan fingerprint density at radius 3 is 3.00 bits per heavy atom. The molecule has 2 aromatic rings. The summed E-state index contributed by atoms with van der Waals surface area (Å²) in [6.45, 7) is 2.73. The Labute approximate surface area is 113 Å². The van der Waals surface area contributed by atoms with Gasteiger partial charge in [0.05, 0.1) is 6.61 Å². The summed E-state index contributed by atoms with van der Waals surface area (Å²) in [6.07, 6.45) is 5.64. The van der Waals surface area contributed by atoms with Crippen LogP contribution in [0.1, 0.15) is 31.7 Å². The number of benzene rings is 1. The first-order valence-electron chi connectivity index (χ1n) is 7.00. The molecule has 100 valence electrons. The maximum atomic E-state index is 11.5. The first-order chi connectivity index (χ1) is 9.26. The molecule has 1 aromatic carbocycles. The van der Waals surface area contributed by atoms with E-state index in [9.17, 15) is 4.79 Å². The van der Waals surface area contributed by atoms with E-state index >= 15 is 0 Å². The molecule has 1 aliphatic carbocycles. The molecule has 19 heavy (non-hydrogen) atoms. The van der Waals surface area contributed by atoms with Crippen LogP contribution in [0.3, 0.4) is 0 Å². The fourth-order valence-corrected chi connectivity index (χ4v) is 2.24. The summed E-state index contributed by atoms with van der Waals surface area (Å²) in [6, 6.07) is 6.07. The molecule has 0 amide bonds. The highest BCUT2D eigenvalue weighted by Gasteiger charge is 2.21. The van der Waals surface area contributed by atoms with Crippen molar-refractivity contribution in [3.05, 3.63) is 30.0 Å². The summed E-state index contributed by atoms with van der Waals surface area (Å²) >= 11 is 0. The highest BCUT2D eigenvalue weighted by Crippen LogP contribution is 2.30. The molecule has 3 rings (SSSR count). The number of hydrogen-bond donors (Lipinski definition) is 1. The van der Waals surface area contributed by atoms with E-state index in [1.807, 2.05) is 31.3 Å². The van der Waals surface area contributed by atoms with Gasteiger partial charge in [0.25, 0.3) is 0 Å². The molecule has 0 spiro atoms. The Morgan fingerprint density at radius 1 is 1.42 bits per heavy atom. The van der Waals surface area contributed by atoms with Crippen LogP contribution in [0.15, 0.2) is 24.4 Å². The third kappa shape index (κ3) is 2.80. The number of fused-ring (bicyclic) bond motifs is 1. The summed E-state index contributed by atoms with van der Waals surface area (Å²) < 4.78 is 5.76. The van der Waals surface area contributed by atoms with E-state index in [2.05, 4.69) is 4.98 Å². The van der Waals surface area contributed by atoms with Crippen LogP contribution >= 0.6 is 0 Å². The maximum absolute atomic E-state index is 11.5. The molecule has 1 heterocycles. The van der Waals surface area contributed by atoms with E-state index in [1.54, 1.807) is 0 Å². The average molecular weight is 257 g/mol. The van der Waals surface area contributed by atoms with Crippen molar-refractivity contribution in [2.45, 2.75) is 32.6 Å². The molecule has 0 atom stereocenters. The number of aromatic amines is 1. The van der Waals surface area contributed by atoms with E-state index in [1.165, 1.54) is 12.8 Å². The second-order valence-electron chi connectivity index (χ2n) is 5.34. The number of hydrogen-bond acceptors (Lipinski definition) is 2. The minimum Gasteiger partial charge on any atom is -0.493 e. The SMILES string of the molecule is CCC(=O)Cc1c[nH]c2cc(OCC3CC3)ccc12. The Balaban J connectivity index is 1.77. The van der Waals surface area contributed by atoms with Gasteiger partial charge < -0.3 is 9.72 Å². The molecule has 0 aliphatic heterocycles. The summed E-state index contributed by atoms with van der Waals surface area (Å²) in [7, 11) is 0. The van der Waals surface area contributed by atoms with Crippen LogP contribution in [0, 0.1) is 5.92 Å². The molecule has 1 aromatic heterocycles. The van der Waals surface area contributed by atoms with Crippen LogP contribution in [0.5, 0.6) is 5.75 Å². The van der Waals surface area contributed by atoms with Crippen molar-refractivity contribution >= 4 is 16.7 Å². The van der Waals surface area contributed by atoms with Gasteiger partial charge in [-0.2, -0.15) is 0 Å². The van der Waals surface area contributed by atoms with Crippen LogP contribution in [-0.2, 0) is 11.2 Å². The quantitative estimate of drug-likeness (QED) is 0.860. The van der Waals surface area contributed by atoms with Gasteiger partial charge in [0.15, 0.2) is 0 Å². The maximum Gasteiger partial charge on any atom is 0.137 e. The Hall–Kier alpha value is -1.77. The van der Waals surface area contributed by atoms with Crippen molar-refractivity contribution in [1.29, 1.82) is 0 Å². The van der Waals surface area contributed by atoms with Gasteiger partial charge >= 0.3 is 0 Å². The van der Waals surface area contributed by atoms with Crippen LogP contribution in [0.25, 0.3) is 10.9 Å². The lowest BCUT2D eigenvalue weighted by Gasteiger charge is -2.05. The van der Waals surface area contributed by atoms with Crippen LogP contribution in [-0.4, -0.2) is 17.4 Å². The zero-order chi connectivity index (χ0) is 13.2. The molecule has 1 aliphatic rings. The van der Waals surface area contributed by atoms with Gasteiger partial charge in [-0.25, -0.2) is 0 Å². The number of carbonyl (C=O) groups is 1. The number of ether oxygens (including phenoxy) is 1. The van der Waals surface area contributed by atoms with Gasteiger partial charge in [0.1, 0.15) is 11.5 Å². The topological polar surface area (TPSA) is 42.1 Å². The number of aromatic nitrogens is 1. The fraction of sp³-hybridized carbons (Fsp3) is 0.438. The molecule has 1 saturated carbocycles. The standard InChI is InChI=1S/C16H19NO2/c1-2-13(18)7-12-9-17-16-8-14(5-6-15(12)16)19-10-11-3-4-11/h5-6,8-9,11,17H,2-4,7,10H2,1H3. The minimum atomic E-state index is 0.273. The zero-order valence-corrected chi connectivity index (χ0v) is 11.2. The lowest BCUT2D eigenvalue weighted by atomic mass is 10.1. The Morgan fingerprint density at radius 2 is 2.26 bits per heavy atom. The number of H-pyrrole nitrogens is 1. The molecule has 0 radical (unpaired) electrons. The average Bonchev–Trinajstić information content (AvgIpc) is 3.18. The number of ketones is 1. The first-order valence-corrected chi connectivity index (χ1v) is 7.00. The third-order valence-electron chi connectivity index (χ3n) is 3.70. The minimum absolute atomic E-state index is 0.273. The van der Waals surface area contributed by atoms with Crippen molar-refractivity contribution in [1.82, 2.24) is 4.98 Å². The van der Waals surface area contributed by atoms with Crippen molar-refractivity contribution < 1.29 is 9.53 Å². The predicted octanol–water partition coefficient (Wildman–Crippen LogP) is 3.48. The molecule has 0 unspecified atom stereocenters. The summed E-state index contributed by atoms with van der Waals surface area (Å²) in [5, 5.41) is 1.13. The van der Waals surface area contributed by atoms with Crippen molar-refractivity contribution in [3.63, 3.8) is 0 Å². The Kier molecular flexibility index (Phi) is 3.28. The highest BCUT2D eigenvalue weighted by atomic mass is 16.5. The number of nitrogens with one attached hydrogen (secondary N) is 1. The molecule has 3 heteroatoms. The zero-order valence-electron chi connectivity index (χ0n) is 11.2. The number of rotatable bonds is 6. The molecule has 0 saturated heterocycles. The second kappa shape index (κ2) is 5.08. The van der Waals surface area contributed by atoms with Gasteiger partial charge in [-0.15, -0.1) is 0 Å². The van der Waals surface area contributed by atoms with E-state index in [-0.39, 0.29) is 5.78 Å². The predicted molar refractivity (Wildman–Crippen MR) is 75.5 cm³/mol. The van der Waals surface area contributed by atoms with Crippen molar-refractivity contribution in [3.8, 4) is 5.75 Å². The van der Waals surface area contributed by atoms with E-state index in [0.717, 1.165) is 34.7 Å². The molecular formula is C16H19NO2. The molecule has 1 fully saturated rings. The first kappa shape index (κ1) is 12.3. The normalized spacial score (nSPS) is 14.8. The van der Waals surface area contributed by atoms with Gasteiger partial charge in [-0.3, -0.25) is 4.79 Å². The van der Waals surface area contributed by atoms with Crippen molar-refractivity contribution in [2.75, 3.05) is 6.61 Å². The van der Waals surface area contributed by atoms with Crippen LogP contribution in [0.2, 0.25) is 0 Å². The fourth-order valence-electron chi connectivity index (χ4n) is 2.24. The van der Waals surface area contributed by atoms with Gasteiger partial charge in [0, 0.05) is 36.0 Å². The molecule has 1 N–H and O–H groups in total. The number of Topliss-reactive ketones (excluding diaryl/α,β-unsaturated/α-hetero) is 1. The summed E-state index contributed by atoms with van der Waals surface area (Å²) in [5.74, 6) is 1.95. The molecular weight excluding hydrogens is 238 g/mol. The smallest absolute Gasteiger partial charge is 0.137 e. The lowest BCUT2D eigenvalue weighted by Crippen LogP contribution is -1.99. The van der Waals surface area contributed by atoms with Crippen LogP contribution in [0.4, 0.5) is 0 Å². The second-order valence-corrected chi connectivity index (χ2v) is 5.34. The monoisotopic (exact) mass is 257 g/mol. The van der Waals surface area contributed by atoms with Gasteiger partial charge in [-0.05, 0) is 36.5 Å². The molecule has 3 nitrogen and oxygen atoms in total. The third-order valence-corrected chi connectivity index (χ3v) is 3.70. The number of carbonyl (C=O) groups excluding carboxylic acids is 1. The highest BCUT2D eigenvalue weighted by molar-refractivity contribution is 5.90. The largest absolute Gasteiger partial charge is 0.493 e. The van der Waals surface area contributed by atoms with Crippen molar-refractivity contribution in [2.24, 2.45) is 5.92 Å². The van der Waals surface area contributed by atoms with Gasteiger partial charge in [-0.1, -0.05) is 6.92 Å². The van der Waals surface area contributed by atoms with Crippen LogP contribution < -0.4 is 4.74 Å². The lowest BCUT2D eigenvalue weighted by molar-refractivity contribution is -0.118. The van der Waals surface area contributed by atoms with Gasteiger partial charge in [0.2, 0.25) is 0 Å². The van der Waals surface area contributed by atoms with E-state index < -0.39 is 0 Å². The van der Waals surface area contributed by atoms with E-state index in [0.29, 0.717) is 12.8 Å². The summed E-state index contributed by atoms with van der Waals surface area (Å²) in [5.41, 5.74) is 2.13. The molecule has 0 bridgehead atoms. The van der Waals surface area contributed by atoms with E-state index in [4.69, 9.17) is 4.74 Å². The summed E-state index contributed by atoms with van der Waals surface area (Å²) in [4.78, 5) is 14.8.